The summed E-state index contributed by atoms with van der Waals surface area (Å²) < 4.78 is 0. The van der Waals surface area contributed by atoms with Crippen molar-refractivity contribution in [2.45, 2.75) is 243 Å². The molecule has 0 N–H and O–H groups in total. The van der Waals surface area contributed by atoms with Gasteiger partial charge in [-0.2, -0.15) is 0 Å². The zero-order valence-electron chi connectivity index (χ0n) is 84.7. The molecule has 22 fully saturated rings. The minimum absolute atomic E-state index is 0.562. The molecule has 0 aliphatic carbocycles. The van der Waals surface area contributed by atoms with Crippen LogP contribution in [-0.2, 0) is 0 Å². The topological polar surface area (TPSA) is 71.3 Å². The fourth-order valence-electron chi connectivity index (χ4n) is 29.5. The molecular weight excluding hydrogens is 1510 g/mol. The molecule has 0 aromatic carbocycles. The van der Waals surface area contributed by atoms with E-state index in [-0.39, 0.29) is 0 Å². The van der Waals surface area contributed by atoms with Crippen molar-refractivity contribution in [2.24, 2.45) is 16.2 Å². The molecule has 22 aliphatic rings. The third kappa shape index (κ3) is 24.9. The molecule has 0 radical (unpaired) electrons. The van der Waals surface area contributed by atoms with Crippen molar-refractivity contribution in [3.05, 3.63) is 0 Å². The lowest BCUT2D eigenvalue weighted by molar-refractivity contribution is -0.0514. The Labute approximate surface area is 754 Å². The first-order valence-electron chi connectivity index (χ1n) is 51.2. The highest BCUT2D eigenvalue weighted by atomic mass is 15.4. The smallest absolute Gasteiger partial charge is 0.0460 e. The van der Waals surface area contributed by atoms with E-state index in [1.807, 2.05) is 0 Å². The number of hydrogen-bond donors (Lipinski definition) is 0. The molecule has 22 aliphatic heterocycles. The van der Waals surface area contributed by atoms with Gasteiger partial charge in [-0.05, 0) is 439 Å². The SMILES string of the molecule is CN1CC2(CCCCN2C)C1.CN1CC2(CCCCN2C)C1.CN1CC2(CCCN2C)C1.CN1CC2(CCCN2C)C1.CN1CCC2(C1)CN(C)C2.CN1CCC2(C1)CN(C)C2.CN1CCC2(CCCCN2C)C1.CN1CCC2(CCCCN2C)C1.CN1CCCC2(CCCN2C)C1.CN1CCCC2(CCCN2C)C1.CN1CCCC2(CCN(C)C2)C1. The summed E-state index contributed by atoms with van der Waals surface area (Å²) in [5.74, 6) is 0. The van der Waals surface area contributed by atoms with Gasteiger partial charge >= 0.3 is 0 Å². The summed E-state index contributed by atoms with van der Waals surface area (Å²) >= 11 is 0. The van der Waals surface area contributed by atoms with Crippen LogP contribution in [0.4, 0.5) is 0 Å². The maximum Gasteiger partial charge on any atom is 0.0460 e. The molecule has 0 aromatic heterocycles. The molecule has 122 heavy (non-hydrogen) atoms. The Morgan fingerprint density at radius 3 is 0.467 bits per heavy atom. The Bertz CT molecular complexity index is 2860. The predicted molar refractivity (Wildman–Crippen MR) is 518 cm³/mol. The van der Waals surface area contributed by atoms with E-state index in [0.29, 0.717) is 60.6 Å². The summed E-state index contributed by atoms with van der Waals surface area (Å²) in [5.41, 5.74) is 6.73. The molecule has 0 amide bonds. The van der Waals surface area contributed by atoms with Gasteiger partial charge in [0.05, 0.1) is 0 Å². The molecule has 0 aromatic rings. The van der Waals surface area contributed by atoms with Crippen molar-refractivity contribution in [3.63, 3.8) is 0 Å². The second-order valence-electron chi connectivity index (χ2n) is 47.9. The van der Waals surface area contributed by atoms with E-state index in [4.69, 9.17) is 0 Å². The molecule has 22 heteroatoms. The lowest BCUT2D eigenvalue weighted by Gasteiger charge is -2.56. The van der Waals surface area contributed by atoms with Gasteiger partial charge in [0.25, 0.3) is 0 Å². The second kappa shape index (κ2) is 43.4. The lowest BCUT2D eigenvalue weighted by atomic mass is 9.79. The van der Waals surface area contributed by atoms with Crippen LogP contribution in [0.2, 0.25) is 0 Å². The second-order valence-corrected chi connectivity index (χ2v) is 47.9. The summed E-state index contributed by atoms with van der Waals surface area (Å²) in [7, 11) is 49.5. The Balaban J connectivity index is 0.000000123. The summed E-state index contributed by atoms with van der Waals surface area (Å²) in [5, 5.41) is 0. The highest BCUT2D eigenvalue weighted by molar-refractivity contribution is 5.10. The van der Waals surface area contributed by atoms with Crippen LogP contribution in [-0.4, -0.2) is 543 Å². The standard InChI is InChI=1S/5C10H20N2.2C9H18N2.4C8H16N2/c2*1-11-7-3-5-10(9-11)6-4-8-12(10)2;1-11-6-3-4-10(8-11)5-7-12(2)9-10;2*1-11-8-6-10(9-11)5-3-4-7-12(10)2;2*1-10-7-9(8-10)5-3-4-6-11(9)2;2*1-9-4-3-8(5-9)6-10(2)7-8;2*1-9-6-8(7-9)4-3-5-10(8)2/h5*3-9H2,1-2H3;2*3-8H2,1-2H3;4*3-7H2,1-2H3. The Morgan fingerprint density at radius 2 is 0.262 bits per heavy atom. The quantitative estimate of drug-likeness (QED) is 0.232. The first-order valence-corrected chi connectivity index (χ1v) is 51.2. The van der Waals surface area contributed by atoms with Gasteiger partial charge in [-0.1, -0.05) is 25.7 Å². The molecule has 5 atom stereocenters. The molecule has 5 unspecified atom stereocenters. The number of piperidine rings is 7. The van der Waals surface area contributed by atoms with E-state index in [1.165, 1.54) is 435 Å². The molecule has 22 saturated heterocycles. The third-order valence-electron chi connectivity index (χ3n) is 36.8. The minimum Gasteiger partial charge on any atom is -0.306 e. The van der Waals surface area contributed by atoms with Gasteiger partial charge in [-0.15, -0.1) is 0 Å². The number of rotatable bonds is 0. The van der Waals surface area contributed by atoms with E-state index in [9.17, 15) is 0 Å². The Kier molecular flexibility index (Phi) is 35.6. The maximum absolute atomic E-state index is 2.60. The van der Waals surface area contributed by atoms with Crippen molar-refractivity contribution in [2.75, 3.05) is 391 Å². The van der Waals surface area contributed by atoms with Gasteiger partial charge in [0.1, 0.15) is 0 Å². The lowest BCUT2D eigenvalue weighted by Crippen LogP contribution is -2.69. The zero-order chi connectivity index (χ0) is 87.6. The monoisotopic (exact) mass is 1710 g/mol. The van der Waals surface area contributed by atoms with Crippen LogP contribution in [0, 0.1) is 16.2 Å². The molecule has 22 heterocycles. The van der Waals surface area contributed by atoms with Crippen LogP contribution in [0.3, 0.4) is 0 Å². The Morgan fingerprint density at radius 1 is 0.107 bits per heavy atom. The van der Waals surface area contributed by atoms with E-state index in [2.05, 4.69) is 263 Å². The maximum atomic E-state index is 2.60. The summed E-state index contributed by atoms with van der Waals surface area (Å²) in [6, 6.07) is 0. The zero-order valence-corrected chi connectivity index (χ0v) is 84.7. The van der Waals surface area contributed by atoms with E-state index in [1.54, 1.807) is 0 Å². The van der Waals surface area contributed by atoms with Crippen LogP contribution < -0.4 is 0 Å². The predicted octanol–water partition coefficient (Wildman–Crippen LogP) is 8.61. The molecule has 0 bridgehead atoms. The Hall–Kier alpha value is -0.880. The van der Waals surface area contributed by atoms with E-state index >= 15 is 0 Å². The number of likely N-dealkylation sites (tertiary alicyclic amines) is 22. The van der Waals surface area contributed by atoms with Gasteiger partial charge in [0, 0.05) is 186 Å². The first kappa shape index (κ1) is 100. The molecule has 710 valence electrons. The summed E-state index contributed by atoms with van der Waals surface area (Å²) in [4.78, 5) is 54.9. The number of nitrogens with zero attached hydrogens (tertiary/aromatic N) is 22. The van der Waals surface area contributed by atoms with E-state index < -0.39 is 0 Å². The van der Waals surface area contributed by atoms with Gasteiger partial charge in [-0.3, -0.25) is 39.2 Å². The van der Waals surface area contributed by atoms with Crippen molar-refractivity contribution >= 4 is 0 Å². The first-order chi connectivity index (χ1) is 57.9. The van der Waals surface area contributed by atoms with Crippen molar-refractivity contribution in [1.29, 1.82) is 0 Å². The molecule has 11 spiro atoms. The van der Waals surface area contributed by atoms with E-state index in [0.717, 1.165) is 0 Å². The average molecular weight is 1710 g/mol. The minimum atomic E-state index is 0.562. The fraction of sp³-hybridized carbons (Fsp3) is 1.00. The van der Waals surface area contributed by atoms with Crippen molar-refractivity contribution in [3.8, 4) is 0 Å². The van der Waals surface area contributed by atoms with Gasteiger partial charge in [0.15, 0.2) is 0 Å². The number of hydrogen-bond acceptors (Lipinski definition) is 22. The highest BCUT2D eigenvalue weighted by Gasteiger charge is 2.53. The largest absolute Gasteiger partial charge is 0.306 e. The molecule has 0 saturated carbocycles. The molecule has 22 nitrogen and oxygen atoms in total. The van der Waals surface area contributed by atoms with Crippen LogP contribution in [0.1, 0.15) is 199 Å². The summed E-state index contributed by atoms with van der Waals surface area (Å²) in [6.45, 7) is 47.1. The van der Waals surface area contributed by atoms with Crippen molar-refractivity contribution < 1.29 is 0 Å². The van der Waals surface area contributed by atoms with Gasteiger partial charge < -0.3 is 68.6 Å². The van der Waals surface area contributed by atoms with Crippen molar-refractivity contribution in [1.82, 2.24) is 108 Å². The van der Waals surface area contributed by atoms with Gasteiger partial charge in [0.2, 0.25) is 0 Å². The summed E-state index contributed by atoms with van der Waals surface area (Å²) in [6.07, 6.45) is 44.0. The average Bonchev–Trinajstić information content (AvgIpc) is 1.75. The molecular formula is C100H200N22. The van der Waals surface area contributed by atoms with Gasteiger partial charge in [-0.25, -0.2) is 0 Å². The highest BCUT2D eigenvalue weighted by Crippen LogP contribution is 2.45. The molecule has 22 rings (SSSR count). The van der Waals surface area contributed by atoms with Crippen LogP contribution in [0.5, 0.6) is 0 Å². The third-order valence-corrected chi connectivity index (χ3v) is 36.8. The number of likely N-dealkylation sites (N-methyl/N-ethyl adjacent to an activating group) is 16. The fourth-order valence-corrected chi connectivity index (χ4v) is 29.5. The van der Waals surface area contributed by atoms with Crippen LogP contribution in [0.15, 0.2) is 0 Å². The normalized spacial score (nSPS) is 36.0. The van der Waals surface area contributed by atoms with Crippen LogP contribution >= 0.6 is 0 Å². The van der Waals surface area contributed by atoms with Crippen LogP contribution in [0.25, 0.3) is 0 Å².